The zero-order valence-electron chi connectivity index (χ0n) is 8.89. The molecule has 0 fully saturated rings. The molecule has 6 nitrogen and oxygen atoms in total. The Kier molecular flexibility index (Phi) is 4.27. The van der Waals surface area contributed by atoms with Crippen LogP contribution < -0.4 is 5.56 Å². The molecule has 0 spiro atoms. The molecule has 1 aromatic rings. The van der Waals surface area contributed by atoms with Crippen molar-refractivity contribution in [3.05, 3.63) is 27.9 Å². The van der Waals surface area contributed by atoms with E-state index in [9.17, 15) is 18.4 Å². The molecule has 0 amide bonds. The van der Waals surface area contributed by atoms with Gasteiger partial charge in [-0.25, -0.2) is 18.6 Å². The Hall–Kier alpha value is -1.83. The fourth-order valence-corrected chi connectivity index (χ4v) is 1.22. The Bertz CT molecular complexity index is 473. The highest BCUT2D eigenvalue weighted by atomic mass is 19.3. The summed E-state index contributed by atoms with van der Waals surface area (Å²) in [7, 11) is 1.39. The molecule has 0 unspecified atom stereocenters. The Labute approximate surface area is 94.5 Å². The van der Waals surface area contributed by atoms with Crippen LogP contribution in [-0.2, 0) is 11.3 Å². The molecule has 1 N–H and O–H groups in total. The number of rotatable bonds is 5. The number of nitrogens with zero attached hydrogens (tertiary/aromatic N) is 2. The van der Waals surface area contributed by atoms with Crippen molar-refractivity contribution >= 4 is 5.97 Å². The largest absolute Gasteiger partial charge is 0.477 e. The number of methoxy groups -OCH3 is 1. The third kappa shape index (κ3) is 2.84. The van der Waals surface area contributed by atoms with Gasteiger partial charge in [-0.1, -0.05) is 0 Å². The van der Waals surface area contributed by atoms with Crippen molar-refractivity contribution in [2.45, 2.75) is 13.0 Å². The predicted molar refractivity (Wildman–Crippen MR) is 52.3 cm³/mol. The van der Waals surface area contributed by atoms with E-state index >= 15 is 0 Å². The van der Waals surface area contributed by atoms with E-state index < -0.39 is 29.2 Å². The van der Waals surface area contributed by atoms with Gasteiger partial charge in [-0.15, -0.1) is 0 Å². The highest BCUT2D eigenvalue weighted by Gasteiger charge is 2.24. The van der Waals surface area contributed by atoms with Crippen molar-refractivity contribution in [1.82, 2.24) is 9.55 Å². The van der Waals surface area contributed by atoms with Crippen LogP contribution in [0.1, 0.15) is 22.5 Å². The van der Waals surface area contributed by atoms with Gasteiger partial charge in [0.1, 0.15) is 5.69 Å². The number of hydrogen-bond acceptors (Lipinski definition) is 4. The van der Waals surface area contributed by atoms with E-state index in [4.69, 9.17) is 9.84 Å². The predicted octanol–water partition coefficient (Wildman–Crippen LogP) is 0.525. The summed E-state index contributed by atoms with van der Waals surface area (Å²) >= 11 is 0. The Balaban J connectivity index is 3.29. The summed E-state index contributed by atoms with van der Waals surface area (Å²) in [5.74, 6) is -1.72. The average Bonchev–Trinajstić information content (AvgIpc) is 2.26. The number of ether oxygens (including phenoxy) is 1. The molecule has 0 aliphatic heterocycles. The van der Waals surface area contributed by atoms with E-state index in [1.165, 1.54) is 7.11 Å². The van der Waals surface area contributed by atoms with Gasteiger partial charge in [0.05, 0.1) is 19.5 Å². The van der Waals surface area contributed by atoms with E-state index in [2.05, 4.69) is 4.98 Å². The van der Waals surface area contributed by atoms with Gasteiger partial charge >= 0.3 is 5.97 Å². The van der Waals surface area contributed by atoms with Gasteiger partial charge < -0.3 is 9.84 Å². The normalized spacial score (nSPS) is 10.8. The molecule has 1 rings (SSSR count). The minimum Gasteiger partial charge on any atom is -0.477 e. The zero-order valence-corrected chi connectivity index (χ0v) is 8.89. The van der Waals surface area contributed by atoms with Gasteiger partial charge in [0.2, 0.25) is 0 Å². The summed E-state index contributed by atoms with van der Waals surface area (Å²) in [4.78, 5) is 25.6. The molecule has 1 aromatic heterocycles. The number of carbonyl (C=O) groups is 1. The Morgan fingerprint density at radius 1 is 1.65 bits per heavy atom. The summed E-state index contributed by atoms with van der Waals surface area (Å²) < 4.78 is 30.5. The third-order valence-corrected chi connectivity index (χ3v) is 2.02. The number of hydrogen-bond donors (Lipinski definition) is 1. The number of carboxylic acids is 1. The van der Waals surface area contributed by atoms with Crippen molar-refractivity contribution < 1.29 is 23.4 Å². The van der Waals surface area contributed by atoms with Crippen LogP contribution in [0.25, 0.3) is 0 Å². The lowest BCUT2D eigenvalue weighted by Crippen LogP contribution is -2.30. The molecule has 1 heterocycles. The van der Waals surface area contributed by atoms with Crippen molar-refractivity contribution in [1.29, 1.82) is 0 Å². The number of aromatic carboxylic acids is 1. The van der Waals surface area contributed by atoms with Crippen molar-refractivity contribution in [2.75, 3.05) is 13.7 Å². The van der Waals surface area contributed by atoms with E-state index in [0.717, 1.165) is 10.9 Å². The van der Waals surface area contributed by atoms with Gasteiger partial charge in [-0.3, -0.25) is 9.36 Å². The van der Waals surface area contributed by atoms with E-state index in [0.29, 0.717) is 0 Å². The zero-order chi connectivity index (χ0) is 13.0. The third-order valence-electron chi connectivity index (χ3n) is 2.02. The van der Waals surface area contributed by atoms with Gasteiger partial charge in [0.25, 0.3) is 12.0 Å². The van der Waals surface area contributed by atoms with Crippen LogP contribution in [0.3, 0.4) is 0 Å². The van der Waals surface area contributed by atoms with Crippen molar-refractivity contribution in [3.8, 4) is 0 Å². The van der Waals surface area contributed by atoms with Gasteiger partial charge in [-0.05, 0) is 0 Å². The molecule has 0 atom stereocenters. The second-order valence-corrected chi connectivity index (χ2v) is 3.10. The first-order chi connectivity index (χ1) is 7.99. The van der Waals surface area contributed by atoms with Crippen LogP contribution in [0, 0.1) is 0 Å². The summed E-state index contributed by atoms with van der Waals surface area (Å²) in [6.07, 6.45) is -2.22. The van der Waals surface area contributed by atoms with E-state index in [1.807, 2.05) is 0 Å². The second-order valence-electron chi connectivity index (χ2n) is 3.10. The molecular weight excluding hydrogens is 238 g/mol. The van der Waals surface area contributed by atoms with Crippen LogP contribution in [0.15, 0.2) is 11.1 Å². The monoisotopic (exact) mass is 248 g/mol. The maximum Gasteiger partial charge on any atom is 0.343 e. The molecule has 0 saturated carbocycles. The topological polar surface area (TPSA) is 81.4 Å². The highest BCUT2D eigenvalue weighted by molar-refractivity contribution is 5.88. The number of halogens is 2. The van der Waals surface area contributed by atoms with Crippen LogP contribution >= 0.6 is 0 Å². The molecule has 17 heavy (non-hydrogen) atoms. The molecule has 0 radical (unpaired) electrons. The first-order valence-corrected chi connectivity index (χ1v) is 4.58. The summed E-state index contributed by atoms with van der Waals surface area (Å²) in [6, 6.07) is 0. The Morgan fingerprint density at radius 3 is 2.76 bits per heavy atom. The van der Waals surface area contributed by atoms with Gasteiger partial charge in [0, 0.05) is 7.11 Å². The maximum atomic E-state index is 12.5. The number of carboxylic acid groups (broad SMARTS) is 1. The molecule has 0 bridgehead atoms. The van der Waals surface area contributed by atoms with Gasteiger partial charge in [0.15, 0.2) is 5.56 Å². The lowest BCUT2D eigenvalue weighted by atomic mass is 10.2. The minimum absolute atomic E-state index is 0.0477. The molecular formula is C9H10F2N2O4. The lowest BCUT2D eigenvalue weighted by Gasteiger charge is -2.08. The first kappa shape index (κ1) is 13.2. The van der Waals surface area contributed by atoms with Crippen LogP contribution in [0.2, 0.25) is 0 Å². The molecule has 0 aliphatic rings. The fourth-order valence-electron chi connectivity index (χ4n) is 1.22. The summed E-state index contributed by atoms with van der Waals surface area (Å²) in [5.41, 5.74) is -3.03. The quantitative estimate of drug-likeness (QED) is 0.821. The fraction of sp³-hybridized carbons (Fsp3) is 0.444. The molecule has 0 aliphatic carbocycles. The first-order valence-electron chi connectivity index (χ1n) is 4.58. The Morgan fingerprint density at radius 2 is 2.29 bits per heavy atom. The van der Waals surface area contributed by atoms with Crippen molar-refractivity contribution in [2.24, 2.45) is 0 Å². The summed E-state index contributed by atoms with van der Waals surface area (Å²) in [5, 5.41) is 8.73. The minimum atomic E-state index is -3.11. The smallest absolute Gasteiger partial charge is 0.343 e. The van der Waals surface area contributed by atoms with Crippen LogP contribution in [0.5, 0.6) is 0 Å². The highest BCUT2D eigenvalue weighted by Crippen LogP contribution is 2.17. The van der Waals surface area contributed by atoms with Crippen molar-refractivity contribution in [3.63, 3.8) is 0 Å². The summed E-state index contributed by atoms with van der Waals surface area (Å²) in [6.45, 7) is 0.195. The number of alkyl halides is 2. The molecule has 0 aromatic carbocycles. The van der Waals surface area contributed by atoms with Crippen LogP contribution in [0.4, 0.5) is 8.78 Å². The molecule has 0 saturated heterocycles. The van der Waals surface area contributed by atoms with Gasteiger partial charge in [-0.2, -0.15) is 0 Å². The van der Waals surface area contributed by atoms with E-state index in [1.54, 1.807) is 0 Å². The molecule has 94 valence electrons. The maximum absolute atomic E-state index is 12.5. The SMILES string of the molecule is COCCn1cnc(C(F)F)c(C(=O)O)c1=O. The average molecular weight is 248 g/mol. The molecule has 8 heteroatoms. The second kappa shape index (κ2) is 5.48. The number of aromatic nitrogens is 2. The lowest BCUT2D eigenvalue weighted by molar-refractivity contribution is 0.0677. The van der Waals surface area contributed by atoms with E-state index in [-0.39, 0.29) is 13.2 Å². The van der Waals surface area contributed by atoms with Crippen LogP contribution in [-0.4, -0.2) is 34.3 Å². The standard InChI is InChI=1S/C9H10F2N2O4/c1-17-3-2-13-4-12-6(7(10)11)5(8(13)14)9(15)16/h4,7H,2-3H2,1H3,(H,15,16).